The summed E-state index contributed by atoms with van der Waals surface area (Å²) in [7, 11) is 0. The van der Waals surface area contributed by atoms with Gasteiger partial charge in [-0.25, -0.2) is 4.79 Å². The predicted octanol–water partition coefficient (Wildman–Crippen LogP) is 5.09. The fourth-order valence-corrected chi connectivity index (χ4v) is 3.04. The minimum atomic E-state index is -0.646. The van der Waals surface area contributed by atoms with Gasteiger partial charge in [0.05, 0.1) is 10.6 Å². The van der Waals surface area contributed by atoms with E-state index in [1.807, 2.05) is 20.1 Å². The zero-order valence-corrected chi connectivity index (χ0v) is 17.5. The molecule has 2 rings (SSSR count). The molecule has 1 amide bonds. The second-order valence-electron chi connectivity index (χ2n) is 6.57. The molecule has 0 fully saturated rings. The highest BCUT2D eigenvalue weighted by atomic mass is 35.5. The van der Waals surface area contributed by atoms with Gasteiger partial charge in [0.25, 0.3) is 0 Å². The summed E-state index contributed by atoms with van der Waals surface area (Å²) in [6.07, 6.45) is 2.31. The fraction of sp³-hybridized carbons (Fsp3) is 0.286. The van der Waals surface area contributed by atoms with Crippen molar-refractivity contribution in [3.8, 4) is 0 Å². The van der Waals surface area contributed by atoms with Crippen LogP contribution in [0.3, 0.4) is 0 Å². The largest absolute Gasteiger partial charge is 0.454 e. The van der Waals surface area contributed by atoms with Crippen molar-refractivity contribution in [2.75, 3.05) is 18.2 Å². The number of carbonyl (C=O) groups excluding carboxylic acids is 3. The Morgan fingerprint density at radius 1 is 1.11 bits per heavy atom. The van der Waals surface area contributed by atoms with Crippen LogP contribution in [0.4, 0.5) is 5.69 Å². The molecule has 0 saturated carbocycles. The summed E-state index contributed by atoms with van der Waals surface area (Å²) in [5, 5.41) is 3.05. The van der Waals surface area contributed by atoms with Crippen molar-refractivity contribution in [3.63, 3.8) is 0 Å². The molecule has 1 N–H and O–H groups in total. The smallest absolute Gasteiger partial charge is 0.340 e. The molecule has 0 bridgehead atoms. The van der Waals surface area contributed by atoms with Crippen molar-refractivity contribution in [2.45, 2.75) is 25.2 Å². The Labute approximate surface area is 173 Å². The van der Waals surface area contributed by atoms with Crippen LogP contribution in [-0.4, -0.2) is 30.5 Å². The lowest BCUT2D eigenvalue weighted by molar-refractivity contribution is -0.116. The molecule has 0 saturated heterocycles. The van der Waals surface area contributed by atoms with Crippen LogP contribution >= 0.6 is 23.4 Å². The molecule has 0 unspecified atom stereocenters. The first-order valence-corrected chi connectivity index (χ1v) is 10.3. The van der Waals surface area contributed by atoms with Crippen LogP contribution in [0.5, 0.6) is 0 Å². The number of ketones is 1. The van der Waals surface area contributed by atoms with E-state index in [4.69, 9.17) is 16.3 Å². The van der Waals surface area contributed by atoms with E-state index in [1.165, 1.54) is 11.8 Å². The highest BCUT2D eigenvalue weighted by Crippen LogP contribution is 2.23. The van der Waals surface area contributed by atoms with Crippen molar-refractivity contribution in [2.24, 2.45) is 5.92 Å². The van der Waals surface area contributed by atoms with Crippen LogP contribution in [0.15, 0.2) is 47.4 Å². The number of ether oxygens (including phenoxy) is 1. The van der Waals surface area contributed by atoms with Gasteiger partial charge in [0.15, 0.2) is 12.4 Å². The number of thioether (sulfide) groups is 1. The Bertz CT molecular complexity index is 865. The van der Waals surface area contributed by atoms with Crippen molar-refractivity contribution in [1.29, 1.82) is 0 Å². The summed E-state index contributed by atoms with van der Waals surface area (Å²) >= 11 is 7.52. The van der Waals surface area contributed by atoms with E-state index in [0.29, 0.717) is 17.7 Å². The van der Waals surface area contributed by atoms with Crippen molar-refractivity contribution in [3.05, 3.63) is 58.6 Å². The van der Waals surface area contributed by atoms with Crippen molar-refractivity contribution < 1.29 is 19.1 Å². The molecule has 0 aliphatic heterocycles. The van der Waals surface area contributed by atoms with E-state index < -0.39 is 12.6 Å². The summed E-state index contributed by atoms with van der Waals surface area (Å²) in [6, 6.07) is 11.5. The first-order chi connectivity index (χ1) is 13.3. The van der Waals surface area contributed by atoms with Crippen LogP contribution < -0.4 is 5.32 Å². The molecule has 0 aromatic heterocycles. The number of nitrogens with one attached hydrogen (secondary N) is 1. The van der Waals surface area contributed by atoms with Crippen molar-refractivity contribution >= 4 is 46.7 Å². The Morgan fingerprint density at radius 2 is 1.79 bits per heavy atom. The zero-order chi connectivity index (χ0) is 20.7. The molecule has 0 atom stereocenters. The quantitative estimate of drug-likeness (QED) is 0.366. The van der Waals surface area contributed by atoms with E-state index >= 15 is 0 Å². The molecule has 5 nitrogen and oxygen atoms in total. The third kappa shape index (κ3) is 6.39. The maximum Gasteiger partial charge on any atom is 0.340 e. The van der Waals surface area contributed by atoms with Gasteiger partial charge in [-0.1, -0.05) is 25.4 Å². The second-order valence-corrected chi connectivity index (χ2v) is 7.86. The molecule has 0 heterocycles. The van der Waals surface area contributed by atoms with Gasteiger partial charge < -0.3 is 10.1 Å². The van der Waals surface area contributed by atoms with Gasteiger partial charge in [0.2, 0.25) is 5.91 Å². The number of halogens is 1. The van der Waals surface area contributed by atoms with E-state index in [2.05, 4.69) is 5.32 Å². The number of anilines is 1. The Morgan fingerprint density at radius 3 is 2.39 bits per heavy atom. The molecule has 0 spiro atoms. The molecular formula is C21H22ClNO4S. The second kappa shape index (κ2) is 10.3. The number of carbonyl (C=O) groups is 3. The molecule has 7 heteroatoms. The van der Waals surface area contributed by atoms with Crippen LogP contribution in [0.25, 0.3) is 0 Å². The van der Waals surface area contributed by atoms with Gasteiger partial charge >= 0.3 is 5.97 Å². The zero-order valence-electron chi connectivity index (χ0n) is 16.0. The molecule has 148 valence electrons. The molecule has 0 radical (unpaired) electrons. The Kier molecular flexibility index (Phi) is 8.08. The highest BCUT2D eigenvalue weighted by Gasteiger charge is 2.15. The lowest BCUT2D eigenvalue weighted by Crippen LogP contribution is -2.15. The predicted molar refractivity (Wildman–Crippen MR) is 112 cm³/mol. The third-order valence-electron chi connectivity index (χ3n) is 3.81. The number of amides is 1. The topological polar surface area (TPSA) is 72.5 Å². The van der Waals surface area contributed by atoms with Crippen molar-refractivity contribution in [1.82, 2.24) is 0 Å². The average molecular weight is 420 g/mol. The molecule has 0 aliphatic rings. The van der Waals surface area contributed by atoms with Gasteiger partial charge in [0, 0.05) is 22.6 Å². The standard InChI is InChI=1S/C21H22ClNO4S/c1-13(2)10-20(25)23-15-6-4-14(5-7-15)19(24)12-27-21(26)17-11-16(28-3)8-9-18(17)22/h4-9,11,13H,10,12H2,1-3H3,(H,23,25). The van der Waals surface area contributed by atoms with Gasteiger partial charge in [-0.05, 0) is 54.6 Å². The Balaban J connectivity index is 1.94. The summed E-state index contributed by atoms with van der Waals surface area (Å²) < 4.78 is 5.11. The average Bonchev–Trinajstić information content (AvgIpc) is 2.66. The minimum absolute atomic E-state index is 0.0765. The number of hydrogen-bond acceptors (Lipinski definition) is 5. The number of benzene rings is 2. The molecule has 2 aromatic carbocycles. The van der Waals surface area contributed by atoms with Crippen LogP contribution in [0.1, 0.15) is 41.0 Å². The van der Waals surface area contributed by atoms with Crippen LogP contribution in [-0.2, 0) is 9.53 Å². The molecule has 0 aliphatic carbocycles. The van der Waals surface area contributed by atoms with Crippen LogP contribution in [0.2, 0.25) is 5.02 Å². The van der Waals surface area contributed by atoms with Gasteiger partial charge in [0.1, 0.15) is 0 Å². The first kappa shape index (κ1) is 22.0. The first-order valence-electron chi connectivity index (χ1n) is 8.74. The molecular weight excluding hydrogens is 398 g/mol. The lowest BCUT2D eigenvalue weighted by atomic mass is 10.1. The van der Waals surface area contributed by atoms with Gasteiger partial charge in [-0.2, -0.15) is 0 Å². The molecule has 2 aromatic rings. The lowest BCUT2D eigenvalue weighted by Gasteiger charge is -2.09. The van der Waals surface area contributed by atoms with Crippen LogP contribution in [0, 0.1) is 5.92 Å². The van der Waals surface area contributed by atoms with Gasteiger partial charge in [-0.15, -0.1) is 11.8 Å². The number of esters is 1. The summed E-state index contributed by atoms with van der Waals surface area (Å²) in [6.45, 7) is 3.54. The number of Topliss-reactive ketones (excluding diaryl/α,β-unsaturated/α-hetero) is 1. The van der Waals surface area contributed by atoms with E-state index in [-0.39, 0.29) is 28.2 Å². The maximum atomic E-state index is 12.3. The third-order valence-corrected chi connectivity index (χ3v) is 4.87. The molecule has 28 heavy (non-hydrogen) atoms. The summed E-state index contributed by atoms with van der Waals surface area (Å²) in [5.74, 6) is -0.801. The van der Waals surface area contributed by atoms with E-state index in [1.54, 1.807) is 42.5 Å². The summed E-state index contributed by atoms with van der Waals surface area (Å²) in [4.78, 5) is 37.1. The Hall–Kier alpha value is -2.31. The normalized spacial score (nSPS) is 10.6. The summed E-state index contributed by atoms with van der Waals surface area (Å²) in [5.41, 5.74) is 1.23. The number of rotatable bonds is 8. The maximum absolute atomic E-state index is 12.3. The van der Waals surface area contributed by atoms with Gasteiger partial charge in [-0.3, -0.25) is 9.59 Å². The van der Waals surface area contributed by atoms with E-state index in [0.717, 1.165) is 4.90 Å². The SMILES string of the molecule is CSc1ccc(Cl)c(C(=O)OCC(=O)c2ccc(NC(=O)CC(C)C)cc2)c1. The minimum Gasteiger partial charge on any atom is -0.454 e. The fourth-order valence-electron chi connectivity index (χ4n) is 2.40. The monoisotopic (exact) mass is 419 g/mol. The number of hydrogen-bond donors (Lipinski definition) is 1. The highest BCUT2D eigenvalue weighted by molar-refractivity contribution is 7.98. The van der Waals surface area contributed by atoms with E-state index in [9.17, 15) is 14.4 Å².